The van der Waals surface area contributed by atoms with Gasteiger partial charge < -0.3 is 10.1 Å². The number of ether oxygens (including phenoxy) is 1. The highest BCUT2D eigenvalue weighted by Crippen LogP contribution is 2.23. The van der Waals surface area contributed by atoms with Gasteiger partial charge in [-0.1, -0.05) is 40.5 Å². The van der Waals surface area contributed by atoms with Gasteiger partial charge in [0.2, 0.25) is 12.3 Å². The topological polar surface area (TPSA) is 95.9 Å². The molecular weight excluding hydrogens is 324 g/mol. The fourth-order valence-corrected chi connectivity index (χ4v) is 2.27. The van der Waals surface area contributed by atoms with Crippen molar-refractivity contribution in [1.29, 1.82) is 0 Å². The fourth-order valence-electron chi connectivity index (χ4n) is 2.27. The minimum absolute atomic E-state index is 0.111. The second-order valence-corrected chi connectivity index (χ2v) is 8.41. The van der Waals surface area contributed by atoms with Crippen LogP contribution in [0.2, 0.25) is 0 Å². The molecule has 2 amide bonds. The Morgan fingerprint density at radius 3 is 2.16 bits per heavy atom. The molecule has 0 fully saturated rings. The van der Waals surface area contributed by atoms with Crippen molar-refractivity contribution in [3.8, 4) is 0 Å². The first kappa shape index (κ1) is 23.4. The molecule has 7 heteroatoms. The molecule has 0 aliphatic heterocycles. The Hall–Kier alpha value is -1.63. The number of hydrogen-bond donors (Lipinski definition) is 2. The molecule has 0 saturated carbocycles. The molecule has 0 aromatic rings. The van der Waals surface area contributed by atoms with Gasteiger partial charge in [-0.25, -0.2) is 9.86 Å². The van der Waals surface area contributed by atoms with E-state index in [2.05, 4.69) is 5.32 Å². The maximum Gasteiger partial charge on any atom is 0.329 e. The zero-order chi connectivity index (χ0) is 19.8. The van der Waals surface area contributed by atoms with Crippen LogP contribution >= 0.6 is 0 Å². The molecule has 0 aliphatic carbocycles. The number of esters is 1. The van der Waals surface area contributed by atoms with E-state index in [-0.39, 0.29) is 18.9 Å². The summed E-state index contributed by atoms with van der Waals surface area (Å²) in [5.41, 5.74) is -1.21. The molecule has 0 radical (unpaired) electrons. The molecule has 25 heavy (non-hydrogen) atoms. The average Bonchev–Trinajstić information content (AvgIpc) is 2.45. The van der Waals surface area contributed by atoms with E-state index in [9.17, 15) is 19.6 Å². The van der Waals surface area contributed by atoms with Crippen molar-refractivity contribution >= 4 is 18.3 Å². The molecule has 2 atom stereocenters. The van der Waals surface area contributed by atoms with Gasteiger partial charge in [0.05, 0.1) is 12.5 Å². The van der Waals surface area contributed by atoms with Crippen LogP contribution in [0.1, 0.15) is 67.7 Å². The second-order valence-electron chi connectivity index (χ2n) is 8.41. The van der Waals surface area contributed by atoms with Gasteiger partial charge in [0.25, 0.3) is 0 Å². The van der Waals surface area contributed by atoms with Crippen molar-refractivity contribution in [2.24, 2.45) is 11.3 Å². The van der Waals surface area contributed by atoms with Crippen LogP contribution < -0.4 is 5.32 Å². The van der Waals surface area contributed by atoms with Crippen molar-refractivity contribution in [1.82, 2.24) is 10.4 Å². The van der Waals surface area contributed by atoms with Crippen LogP contribution in [0.4, 0.5) is 0 Å². The number of carbonyl (C=O) groups excluding carboxylic acids is 3. The number of amides is 2. The van der Waals surface area contributed by atoms with Crippen LogP contribution in [-0.2, 0) is 19.1 Å². The maximum atomic E-state index is 12.7. The molecule has 0 aromatic heterocycles. The van der Waals surface area contributed by atoms with Gasteiger partial charge in [-0.3, -0.25) is 14.8 Å². The van der Waals surface area contributed by atoms with Gasteiger partial charge in [-0.15, -0.1) is 0 Å². The summed E-state index contributed by atoms with van der Waals surface area (Å²) in [5, 5.41) is 12.6. The Morgan fingerprint density at radius 1 is 1.20 bits per heavy atom. The molecule has 0 rings (SSSR count). The van der Waals surface area contributed by atoms with Crippen molar-refractivity contribution in [3.63, 3.8) is 0 Å². The molecule has 0 bridgehead atoms. The Balaban J connectivity index is 5.24. The third-order valence-corrected chi connectivity index (χ3v) is 3.60. The smallest absolute Gasteiger partial charge is 0.329 e. The highest BCUT2D eigenvalue weighted by molar-refractivity contribution is 5.86. The summed E-state index contributed by atoms with van der Waals surface area (Å²) in [6.45, 7) is 12.7. The number of hydrogen-bond acceptors (Lipinski definition) is 5. The molecule has 7 nitrogen and oxygen atoms in total. The van der Waals surface area contributed by atoms with Crippen LogP contribution in [-0.4, -0.2) is 46.7 Å². The SMILES string of the molecule is CCCC[C@H](CN(O)C=O)C(=O)N[C@H](C(=O)OC(C)(C)C)C(C)(C)C. The van der Waals surface area contributed by atoms with Crippen LogP contribution in [0, 0.1) is 11.3 Å². The largest absolute Gasteiger partial charge is 0.458 e. The van der Waals surface area contributed by atoms with Gasteiger partial charge in [-0.05, 0) is 32.6 Å². The molecule has 0 saturated heterocycles. The van der Waals surface area contributed by atoms with Crippen molar-refractivity contribution in [2.75, 3.05) is 6.54 Å². The third kappa shape index (κ3) is 9.43. The summed E-state index contributed by atoms with van der Waals surface area (Å²) in [6.07, 6.45) is 2.43. The van der Waals surface area contributed by atoms with Gasteiger partial charge in [-0.2, -0.15) is 0 Å². The van der Waals surface area contributed by atoms with E-state index in [0.717, 1.165) is 12.8 Å². The zero-order valence-corrected chi connectivity index (χ0v) is 16.6. The van der Waals surface area contributed by atoms with Crippen LogP contribution in [0.15, 0.2) is 0 Å². The van der Waals surface area contributed by atoms with E-state index in [1.807, 2.05) is 27.7 Å². The van der Waals surface area contributed by atoms with Crippen molar-refractivity contribution in [2.45, 2.75) is 79.4 Å². The molecule has 0 aliphatic rings. The average molecular weight is 358 g/mol. The lowest BCUT2D eigenvalue weighted by atomic mass is 9.86. The lowest BCUT2D eigenvalue weighted by molar-refractivity contribution is -0.163. The van der Waals surface area contributed by atoms with Crippen molar-refractivity contribution in [3.05, 3.63) is 0 Å². The molecule has 146 valence electrons. The number of carbonyl (C=O) groups is 3. The summed E-state index contributed by atoms with van der Waals surface area (Å²) >= 11 is 0. The number of nitrogens with one attached hydrogen (secondary N) is 1. The standard InChI is InChI=1S/C18H34N2O5/c1-8-9-10-13(11-20(24)12-21)15(22)19-14(17(2,3)4)16(23)25-18(5,6)7/h12-14,24H,8-11H2,1-7H3,(H,19,22)/t13-,14-/m1/s1. The van der Waals surface area contributed by atoms with Crippen LogP contribution in [0.3, 0.4) is 0 Å². The minimum Gasteiger partial charge on any atom is -0.458 e. The molecule has 0 unspecified atom stereocenters. The first-order valence-corrected chi connectivity index (χ1v) is 8.75. The second kappa shape index (κ2) is 9.75. The number of unbranched alkanes of at least 4 members (excludes halogenated alkanes) is 1. The molecule has 0 spiro atoms. The molecule has 0 heterocycles. The van der Waals surface area contributed by atoms with Crippen molar-refractivity contribution < 1.29 is 24.3 Å². The first-order chi connectivity index (χ1) is 11.3. The Morgan fingerprint density at radius 2 is 1.76 bits per heavy atom. The summed E-state index contributed by atoms with van der Waals surface area (Å²) in [5.74, 6) is -1.47. The van der Waals surface area contributed by atoms with E-state index in [4.69, 9.17) is 4.74 Å². The van der Waals surface area contributed by atoms with E-state index in [0.29, 0.717) is 11.5 Å². The third-order valence-electron chi connectivity index (χ3n) is 3.60. The summed E-state index contributed by atoms with van der Waals surface area (Å²) in [4.78, 5) is 35.8. The zero-order valence-electron chi connectivity index (χ0n) is 16.6. The summed E-state index contributed by atoms with van der Waals surface area (Å²) in [6, 6.07) is -0.827. The van der Waals surface area contributed by atoms with E-state index < -0.39 is 28.9 Å². The summed E-state index contributed by atoms with van der Waals surface area (Å²) < 4.78 is 5.42. The van der Waals surface area contributed by atoms with Crippen LogP contribution in [0.25, 0.3) is 0 Å². The van der Waals surface area contributed by atoms with Gasteiger partial charge in [0, 0.05) is 0 Å². The lowest BCUT2D eigenvalue weighted by Crippen LogP contribution is -2.53. The maximum absolute atomic E-state index is 12.7. The Labute approximate surface area is 151 Å². The lowest BCUT2D eigenvalue weighted by Gasteiger charge is -2.33. The highest BCUT2D eigenvalue weighted by Gasteiger charge is 2.37. The van der Waals surface area contributed by atoms with E-state index in [1.54, 1.807) is 20.8 Å². The van der Waals surface area contributed by atoms with Gasteiger partial charge in [0.15, 0.2) is 0 Å². The minimum atomic E-state index is -0.827. The predicted molar refractivity (Wildman–Crippen MR) is 94.8 cm³/mol. The Bertz CT molecular complexity index is 451. The monoisotopic (exact) mass is 358 g/mol. The molecule has 2 N–H and O–H groups in total. The summed E-state index contributed by atoms with van der Waals surface area (Å²) in [7, 11) is 0. The number of rotatable bonds is 9. The highest BCUT2D eigenvalue weighted by atomic mass is 16.6. The number of nitrogens with zero attached hydrogens (tertiary/aromatic N) is 1. The quantitative estimate of drug-likeness (QED) is 0.286. The normalized spacial score (nSPS) is 14.4. The van der Waals surface area contributed by atoms with E-state index >= 15 is 0 Å². The predicted octanol–water partition coefficient (Wildman–Crippen LogP) is 2.51. The fraction of sp³-hybridized carbons (Fsp3) is 0.833. The van der Waals surface area contributed by atoms with Gasteiger partial charge in [0.1, 0.15) is 11.6 Å². The Kier molecular flexibility index (Phi) is 9.11. The number of hydroxylamine groups is 2. The van der Waals surface area contributed by atoms with Gasteiger partial charge >= 0.3 is 5.97 Å². The van der Waals surface area contributed by atoms with Crippen LogP contribution in [0.5, 0.6) is 0 Å². The molecule has 0 aromatic carbocycles. The molecular formula is C18H34N2O5. The first-order valence-electron chi connectivity index (χ1n) is 8.75. The van der Waals surface area contributed by atoms with E-state index in [1.165, 1.54) is 0 Å².